The third kappa shape index (κ3) is 2.39. The fourth-order valence-corrected chi connectivity index (χ4v) is 2.20. The van der Waals surface area contributed by atoms with Gasteiger partial charge in [-0.15, -0.1) is 0 Å². The summed E-state index contributed by atoms with van der Waals surface area (Å²) in [7, 11) is 1.49. The van der Waals surface area contributed by atoms with E-state index in [2.05, 4.69) is 0 Å². The highest BCUT2D eigenvalue weighted by Gasteiger charge is 2.22. The number of hydrogen-bond donors (Lipinski definition) is 1. The molecule has 0 aliphatic heterocycles. The van der Waals surface area contributed by atoms with Gasteiger partial charge in [0, 0.05) is 11.1 Å². The van der Waals surface area contributed by atoms with Crippen molar-refractivity contribution >= 4 is 0 Å². The Balaban J connectivity index is 2.56. The maximum Gasteiger partial charge on any atom is 0.164 e. The SMILES string of the molecule is COc1c(C(O)c2cccc(F)c2F)ccc(C)c1C. The molecule has 0 spiro atoms. The van der Waals surface area contributed by atoms with Gasteiger partial charge in [0.05, 0.1) is 7.11 Å². The largest absolute Gasteiger partial charge is 0.496 e. The first-order valence-electron chi connectivity index (χ1n) is 6.23. The molecule has 0 fully saturated rings. The van der Waals surface area contributed by atoms with Crippen LogP contribution in [0.1, 0.15) is 28.4 Å². The zero-order valence-electron chi connectivity index (χ0n) is 11.6. The zero-order chi connectivity index (χ0) is 14.9. The Morgan fingerprint density at radius 2 is 1.75 bits per heavy atom. The fraction of sp³-hybridized carbons (Fsp3) is 0.250. The average molecular weight is 278 g/mol. The van der Waals surface area contributed by atoms with E-state index in [4.69, 9.17) is 4.74 Å². The first-order valence-corrected chi connectivity index (χ1v) is 6.23. The van der Waals surface area contributed by atoms with Crippen LogP contribution in [0.4, 0.5) is 8.78 Å². The maximum absolute atomic E-state index is 13.8. The fourth-order valence-electron chi connectivity index (χ4n) is 2.20. The van der Waals surface area contributed by atoms with Gasteiger partial charge < -0.3 is 9.84 Å². The summed E-state index contributed by atoms with van der Waals surface area (Å²) < 4.78 is 32.3. The molecule has 1 unspecified atom stereocenters. The first-order chi connectivity index (χ1) is 9.47. The molecule has 0 bridgehead atoms. The van der Waals surface area contributed by atoms with Crippen molar-refractivity contribution < 1.29 is 18.6 Å². The average Bonchev–Trinajstić information content (AvgIpc) is 2.44. The molecule has 0 radical (unpaired) electrons. The number of halogens is 2. The molecular formula is C16H16F2O2. The van der Waals surface area contributed by atoms with Crippen molar-refractivity contribution in [2.45, 2.75) is 20.0 Å². The van der Waals surface area contributed by atoms with Gasteiger partial charge in [-0.05, 0) is 31.0 Å². The predicted octanol–water partition coefficient (Wildman–Crippen LogP) is 3.67. The monoisotopic (exact) mass is 278 g/mol. The highest BCUT2D eigenvalue weighted by Crippen LogP contribution is 2.35. The van der Waals surface area contributed by atoms with Crippen molar-refractivity contribution in [2.75, 3.05) is 7.11 Å². The van der Waals surface area contributed by atoms with Crippen molar-refractivity contribution in [1.82, 2.24) is 0 Å². The molecule has 0 aliphatic rings. The molecule has 2 nitrogen and oxygen atoms in total. The van der Waals surface area contributed by atoms with Gasteiger partial charge in [-0.2, -0.15) is 0 Å². The molecule has 0 amide bonds. The highest BCUT2D eigenvalue weighted by atomic mass is 19.2. The Bertz CT molecular complexity index is 639. The van der Waals surface area contributed by atoms with Crippen molar-refractivity contribution in [3.05, 3.63) is 64.2 Å². The van der Waals surface area contributed by atoms with E-state index in [1.54, 1.807) is 6.07 Å². The minimum absolute atomic E-state index is 0.105. The van der Waals surface area contributed by atoms with Crippen LogP contribution in [0.3, 0.4) is 0 Å². The third-order valence-electron chi connectivity index (χ3n) is 3.48. The summed E-state index contributed by atoms with van der Waals surface area (Å²) in [6.45, 7) is 3.77. The minimum atomic E-state index is -1.28. The van der Waals surface area contributed by atoms with Crippen LogP contribution < -0.4 is 4.74 Å². The summed E-state index contributed by atoms with van der Waals surface area (Å²) in [6.07, 6.45) is -1.28. The van der Waals surface area contributed by atoms with Gasteiger partial charge in [0.25, 0.3) is 0 Å². The molecule has 1 N–H and O–H groups in total. The number of ether oxygens (including phenoxy) is 1. The highest BCUT2D eigenvalue weighted by molar-refractivity contribution is 5.48. The van der Waals surface area contributed by atoms with Gasteiger partial charge in [-0.1, -0.05) is 24.3 Å². The van der Waals surface area contributed by atoms with Crippen LogP contribution in [-0.2, 0) is 0 Å². The second-order valence-electron chi connectivity index (χ2n) is 4.68. The molecule has 2 aromatic carbocycles. The minimum Gasteiger partial charge on any atom is -0.496 e. The Labute approximate surface area is 116 Å². The Morgan fingerprint density at radius 3 is 2.40 bits per heavy atom. The summed E-state index contributed by atoms with van der Waals surface area (Å²) in [6, 6.07) is 7.22. The Hall–Kier alpha value is -1.94. The lowest BCUT2D eigenvalue weighted by molar-refractivity contribution is 0.208. The van der Waals surface area contributed by atoms with Crippen LogP contribution in [-0.4, -0.2) is 12.2 Å². The quantitative estimate of drug-likeness (QED) is 0.928. The third-order valence-corrected chi connectivity index (χ3v) is 3.48. The van der Waals surface area contributed by atoms with E-state index in [0.717, 1.165) is 17.2 Å². The number of rotatable bonds is 3. The standard InChI is InChI=1S/C16H16F2O2/c1-9-7-8-12(16(20-3)10(9)2)15(19)11-5-4-6-13(17)14(11)18/h4-8,15,19H,1-3H3. The van der Waals surface area contributed by atoms with E-state index in [-0.39, 0.29) is 5.56 Å². The lowest BCUT2D eigenvalue weighted by Crippen LogP contribution is -2.07. The normalized spacial score (nSPS) is 12.3. The number of benzene rings is 2. The van der Waals surface area contributed by atoms with Crippen molar-refractivity contribution in [2.24, 2.45) is 0 Å². The van der Waals surface area contributed by atoms with E-state index >= 15 is 0 Å². The first kappa shape index (κ1) is 14.5. The second kappa shape index (κ2) is 5.59. The Morgan fingerprint density at radius 1 is 1.05 bits per heavy atom. The summed E-state index contributed by atoms with van der Waals surface area (Å²) in [5.74, 6) is -1.54. The second-order valence-corrected chi connectivity index (χ2v) is 4.68. The van der Waals surface area contributed by atoms with Crippen molar-refractivity contribution in [3.8, 4) is 5.75 Å². The number of aliphatic hydroxyl groups excluding tert-OH is 1. The van der Waals surface area contributed by atoms with Crippen LogP contribution in [0.25, 0.3) is 0 Å². The molecule has 0 heterocycles. The summed E-state index contributed by atoms with van der Waals surface area (Å²) in [5.41, 5.74) is 2.17. The van der Waals surface area contributed by atoms with Gasteiger partial charge in [0.15, 0.2) is 11.6 Å². The lowest BCUT2D eigenvalue weighted by Gasteiger charge is -2.18. The van der Waals surface area contributed by atoms with Gasteiger partial charge in [0.1, 0.15) is 11.9 Å². The topological polar surface area (TPSA) is 29.5 Å². The summed E-state index contributed by atoms with van der Waals surface area (Å²) in [4.78, 5) is 0. The van der Waals surface area contributed by atoms with E-state index in [1.807, 2.05) is 19.9 Å². The van der Waals surface area contributed by atoms with Crippen LogP contribution in [0.15, 0.2) is 30.3 Å². The number of aryl methyl sites for hydroxylation is 1. The van der Waals surface area contributed by atoms with Crippen LogP contribution in [0, 0.1) is 25.5 Å². The molecule has 2 aromatic rings. The van der Waals surface area contributed by atoms with E-state index in [1.165, 1.54) is 19.2 Å². The summed E-state index contributed by atoms with van der Waals surface area (Å²) >= 11 is 0. The van der Waals surface area contributed by atoms with Gasteiger partial charge >= 0.3 is 0 Å². The molecular weight excluding hydrogens is 262 g/mol. The number of aliphatic hydroxyl groups is 1. The molecule has 0 saturated heterocycles. The molecule has 0 saturated carbocycles. The molecule has 1 atom stereocenters. The number of methoxy groups -OCH3 is 1. The maximum atomic E-state index is 13.8. The molecule has 2 rings (SSSR count). The van der Waals surface area contributed by atoms with Gasteiger partial charge in [-0.3, -0.25) is 0 Å². The molecule has 106 valence electrons. The van der Waals surface area contributed by atoms with Crippen LogP contribution >= 0.6 is 0 Å². The molecule has 0 aliphatic carbocycles. The van der Waals surface area contributed by atoms with Crippen molar-refractivity contribution in [3.63, 3.8) is 0 Å². The van der Waals surface area contributed by atoms with Gasteiger partial charge in [-0.25, -0.2) is 8.78 Å². The zero-order valence-corrected chi connectivity index (χ0v) is 11.6. The molecule has 20 heavy (non-hydrogen) atoms. The smallest absolute Gasteiger partial charge is 0.164 e. The molecule has 4 heteroatoms. The lowest BCUT2D eigenvalue weighted by atomic mass is 9.96. The Kier molecular flexibility index (Phi) is 4.04. The molecule has 0 aromatic heterocycles. The van der Waals surface area contributed by atoms with Crippen molar-refractivity contribution in [1.29, 1.82) is 0 Å². The van der Waals surface area contributed by atoms with Gasteiger partial charge in [0.2, 0.25) is 0 Å². The number of hydrogen-bond acceptors (Lipinski definition) is 2. The predicted molar refractivity (Wildman–Crippen MR) is 72.9 cm³/mol. The van der Waals surface area contributed by atoms with E-state index < -0.39 is 17.7 Å². The van der Waals surface area contributed by atoms with E-state index in [9.17, 15) is 13.9 Å². The summed E-state index contributed by atoms with van der Waals surface area (Å²) in [5, 5.41) is 10.3. The van der Waals surface area contributed by atoms with Crippen LogP contribution in [0.5, 0.6) is 5.75 Å². The van der Waals surface area contributed by atoms with E-state index in [0.29, 0.717) is 11.3 Å². The van der Waals surface area contributed by atoms with Crippen LogP contribution in [0.2, 0.25) is 0 Å².